The summed E-state index contributed by atoms with van der Waals surface area (Å²) >= 11 is 0. The second-order valence-electron chi connectivity index (χ2n) is 7.36. The fourth-order valence-electron chi connectivity index (χ4n) is 4.21. The van der Waals surface area contributed by atoms with Crippen molar-refractivity contribution in [1.29, 1.82) is 0 Å². The van der Waals surface area contributed by atoms with E-state index < -0.39 is 0 Å². The zero-order valence-corrected chi connectivity index (χ0v) is 15.3. The molecule has 0 saturated carbocycles. The standard InChI is InChI=1S/C20H29N3O2/c1-15-7-9-17(10-8-15)13-21-20(25)14-22-11-3-5-18(22)19-6-4-12-23(19)16(2)24/h7-10,18-19H,3-6,11-14H2,1-2H3,(H,21,25). The molecule has 1 N–H and O–H groups in total. The third kappa shape index (κ3) is 4.40. The average molecular weight is 343 g/mol. The number of nitrogens with zero attached hydrogens (tertiary/aromatic N) is 2. The number of amides is 2. The summed E-state index contributed by atoms with van der Waals surface area (Å²) in [5, 5.41) is 3.03. The molecule has 2 unspecified atom stereocenters. The zero-order valence-electron chi connectivity index (χ0n) is 15.3. The maximum Gasteiger partial charge on any atom is 0.234 e. The van der Waals surface area contributed by atoms with Gasteiger partial charge in [0.15, 0.2) is 0 Å². The predicted molar refractivity (Wildman–Crippen MR) is 98.0 cm³/mol. The van der Waals surface area contributed by atoms with Crippen LogP contribution in [0.2, 0.25) is 0 Å². The van der Waals surface area contributed by atoms with Crippen molar-refractivity contribution in [1.82, 2.24) is 15.1 Å². The molecule has 136 valence electrons. The molecule has 5 heteroatoms. The van der Waals surface area contributed by atoms with Crippen LogP contribution in [0.3, 0.4) is 0 Å². The second kappa shape index (κ2) is 8.00. The van der Waals surface area contributed by atoms with Crippen LogP contribution in [-0.4, -0.2) is 53.3 Å². The molecule has 2 aliphatic heterocycles. The van der Waals surface area contributed by atoms with Crippen LogP contribution >= 0.6 is 0 Å². The molecule has 3 rings (SSSR count). The van der Waals surface area contributed by atoms with E-state index in [9.17, 15) is 9.59 Å². The van der Waals surface area contributed by atoms with Gasteiger partial charge in [-0.2, -0.15) is 0 Å². The fourth-order valence-corrected chi connectivity index (χ4v) is 4.21. The zero-order chi connectivity index (χ0) is 17.8. The van der Waals surface area contributed by atoms with Gasteiger partial charge < -0.3 is 10.2 Å². The van der Waals surface area contributed by atoms with Crippen LogP contribution in [0.4, 0.5) is 0 Å². The van der Waals surface area contributed by atoms with Crippen LogP contribution in [0.5, 0.6) is 0 Å². The highest BCUT2D eigenvalue weighted by Crippen LogP contribution is 2.29. The summed E-state index contributed by atoms with van der Waals surface area (Å²) in [6.45, 7) is 6.53. The quantitative estimate of drug-likeness (QED) is 0.891. The van der Waals surface area contributed by atoms with Gasteiger partial charge in [-0.1, -0.05) is 29.8 Å². The highest BCUT2D eigenvalue weighted by atomic mass is 16.2. The minimum absolute atomic E-state index is 0.0693. The van der Waals surface area contributed by atoms with Crippen LogP contribution in [0.1, 0.15) is 43.7 Å². The summed E-state index contributed by atoms with van der Waals surface area (Å²) in [5.41, 5.74) is 2.34. The summed E-state index contributed by atoms with van der Waals surface area (Å²) < 4.78 is 0. The first-order chi connectivity index (χ1) is 12.0. The Morgan fingerprint density at radius 1 is 1.08 bits per heavy atom. The van der Waals surface area contributed by atoms with E-state index in [1.54, 1.807) is 6.92 Å². The summed E-state index contributed by atoms with van der Waals surface area (Å²) in [4.78, 5) is 28.5. The maximum absolute atomic E-state index is 12.4. The Balaban J connectivity index is 1.53. The first-order valence-corrected chi connectivity index (χ1v) is 9.38. The number of benzene rings is 1. The first-order valence-electron chi connectivity index (χ1n) is 9.38. The lowest BCUT2D eigenvalue weighted by Gasteiger charge is -2.34. The lowest BCUT2D eigenvalue weighted by Crippen LogP contribution is -2.50. The highest BCUT2D eigenvalue weighted by Gasteiger charge is 2.39. The van der Waals surface area contributed by atoms with Gasteiger partial charge in [-0.3, -0.25) is 14.5 Å². The number of nitrogens with one attached hydrogen (secondary N) is 1. The van der Waals surface area contributed by atoms with Crippen molar-refractivity contribution in [3.05, 3.63) is 35.4 Å². The van der Waals surface area contributed by atoms with Crippen molar-refractivity contribution in [2.75, 3.05) is 19.6 Å². The smallest absolute Gasteiger partial charge is 0.234 e. The maximum atomic E-state index is 12.4. The Bertz CT molecular complexity index is 614. The number of hydrogen-bond acceptors (Lipinski definition) is 3. The molecule has 1 aromatic rings. The average Bonchev–Trinajstić information content (AvgIpc) is 3.22. The third-order valence-corrected chi connectivity index (χ3v) is 5.52. The van der Waals surface area contributed by atoms with Crippen LogP contribution in [0, 0.1) is 6.92 Å². The molecule has 25 heavy (non-hydrogen) atoms. The summed E-state index contributed by atoms with van der Waals surface area (Å²) in [7, 11) is 0. The van der Waals surface area contributed by atoms with Crippen LogP contribution in [-0.2, 0) is 16.1 Å². The van der Waals surface area contributed by atoms with Crippen LogP contribution < -0.4 is 5.32 Å². The van der Waals surface area contributed by atoms with Gasteiger partial charge in [0.2, 0.25) is 11.8 Å². The molecule has 2 aliphatic rings. The van der Waals surface area contributed by atoms with Gasteiger partial charge >= 0.3 is 0 Å². The summed E-state index contributed by atoms with van der Waals surface area (Å²) in [5.74, 6) is 0.234. The molecule has 2 heterocycles. The normalized spacial score (nSPS) is 23.8. The van der Waals surface area contributed by atoms with E-state index in [1.165, 1.54) is 5.56 Å². The molecule has 0 aromatic heterocycles. The molecular weight excluding hydrogens is 314 g/mol. The molecule has 2 amide bonds. The number of rotatable bonds is 5. The molecule has 2 atom stereocenters. The SMILES string of the molecule is CC(=O)N1CCCC1C1CCCN1CC(=O)NCc1ccc(C)cc1. The molecule has 0 radical (unpaired) electrons. The first kappa shape index (κ1) is 17.9. The highest BCUT2D eigenvalue weighted by molar-refractivity contribution is 5.78. The Morgan fingerprint density at radius 2 is 1.76 bits per heavy atom. The van der Waals surface area contributed by atoms with E-state index in [-0.39, 0.29) is 17.9 Å². The van der Waals surface area contributed by atoms with E-state index >= 15 is 0 Å². The molecular formula is C20H29N3O2. The number of aryl methyl sites for hydroxylation is 1. The molecule has 0 bridgehead atoms. The summed E-state index contributed by atoms with van der Waals surface area (Å²) in [6.07, 6.45) is 4.33. The number of likely N-dealkylation sites (tertiary alicyclic amines) is 2. The molecule has 0 aliphatic carbocycles. The van der Waals surface area contributed by atoms with E-state index in [0.717, 1.165) is 44.3 Å². The van der Waals surface area contributed by atoms with Crippen molar-refractivity contribution < 1.29 is 9.59 Å². The molecule has 5 nitrogen and oxygen atoms in total. The monoisotopic (exact) mass is 343 g/mol. The minimum Gasteiger partial charge on any atom is -0.351 e. The number of carbonyl (C=O) groups is 2. The van der Waals surface area contributed by atoms with E-state index in [4.69, 9.17) is 0 Å². The van der Waals surface area contributed by atoms with Gasteiger partial charge in [-0.05, 0) is 44.7 Å². The van der Waals surface area contributed by atoms with Gasteiger partial charge in [-0.15, -0.1) is 0 Å². The lowest BCUT2D eigenvalue weighted by molar-refractivity contribution is -0.130. The minimum atomic E-state index is 0.0693. The second-order valence-corrected chi connectivity index (χ2v) is 7.36. The lowest BCUT2D eigenvalue weighted by atomic mass is 10.0. The van der Waals surface area contributed by atoms with Gasteiger partial charge in [0, 0.05) is 32.1 Å². The van der Waals surface area contributed by atoms with Crippen molar-refractivity contribution in [3.63, 3.8) is 0 Å². The van der Waals surface area contributed by atoms with Gasteiger partial charge in [0.05, 0.1) is 6.54 Å². The van der Waals surface area contributed by atoms with E-state index in [1.807, 2.05) is 4.90 Å². The topological polar surface area (TPSA) is 52.7 Å². The summed E-state index contributed by atoms with van der Waals surface area (Å²) in [6, 6.07) is 8.85. The van der Waals surface area contributed by atoms with Gasteiger partial charge in [0.25, 0.3) is 0 Å². The van der Waals surface area contributed by atoms with Crippen molar-refractivity contribution in [2.45, 2.75) is 58.2 Å². The van der Waals surface area contributed by atoms with Crippen molar-refractivity contribution in [3.8, 4) is 0 Å². The Labute approximate surface area is 150 Å². The Morgan fingerprint density at radius 3 is 2.48 bits per heavy atom. The third-order valence-electron chi connectivity index (χ3n) is 5.52. The Hall–Kier alpha value is -1.88. The number of hydrogen-bond donors (Lipinski definition) is 1. The fraction of sp³-hybridized carbons (Fsp3) is 0.600. The van der Waals surface area contributed by atoms with E-state index in [0.29, 0.717) is 19.1 Å². The van der Waals surface area contributed by atoms with Gasteiger partial charge in [0.1, 0.15) is 0 Å². The molecule has 2 fully saturated rings. The van der Waals surface area contributed by atoms with E-state index in [2.05, 4.69) is 41.4 Å². The van der Waals surface area contributed by atoms with Crippen molar-refractivity contribution >= 4 is 11.8 Å². The number of carbonyl (C=O) groups excluding carboxylic acids is 2. The molecule has 2 saturated heterocycles. The van der Waals surface area contributed by atoms with Crippen LogP contribution in [0.25, 0.3) is 0 Å². The van der Waals surface area contributed by atoms with Gasteiger partial charge in [-0.25, -0.2) is 0 Å². The van der Waals surface area contributed by atoms with Crippen LogP contribution in [0.15, 0.2) is 24.3 Å². The Kier molecular flexibility index (Phi) is 5.74. The van der Waals surface area contributed by atoms with Crippen molar-refractivity contribution in [2.24, 2.45) is 0 Å². The molecule has 1 aromatic carbocycles. The molecule has 0 spiro atoms. The largest absolute Gasteiger partial charge is 0.351 e. The predicted octanol–water partition coefficient (Wildman–Crippen LogP) is 2.09.